The molecule has 3 heteroatoms. The Kier molecular flexibility index (Phi) is 5.02. The van der Waals surface area contributed by atoms with E-state index in [1.54, 1.807) is 7.11 Å². The van der Waals surface area contributed by atoms with E-state index >= 15 is 0 Å². The van der Waals surface area contributed by atoms with Gasteiger partial charge in [0, 0.05) is 0 Å². The van der Waals surface area contributed by atoms with Gasteiger partial charge in [-0.05, 0) is 41.4 Å². The van der Waals surface area contributed by atoms with Crippen LogP contribution in [0.15, 0.2) is 36.4 Å². The maximum Gasteiger partial charge on any atom is 0.119 e. The number of fused-ring (bicyclic) bond motifs is 1. The molecule has 16 heavy (non-hydrogen) atoms. The van der Waals surface area contributed by atoms with Gasteiger partial charge in [0.15, 0.2) is 0 Å². The van der Waals surface area contributed by atoms with Gasteiger partial charge in [0.05, 0.1) is 7.11 Å². The molecule has 2 aromatic carbocycles. The number of hydrogen-bond acceptors (Lipinski definition) is 2. The van der Waals surface area contributed by atoms with Crippen LogP contribution in [0, 0.1) is 0 Å². The third-order valence-corrected chi connectivity index (χ3v) is 2.59. The van der Waals surface area contributed by atoms with Crippen molar-refractivity contribution in [2.45, 2.75) is 6.42 Å². The summed E-state index contributed by atoms with van der Waals surface area (Å²) in [5, 5.41) is 2.48. The van der Waals surface area contributed by atoms with Gasteiger partial charge >= 0.3 is 0 Å². The van der Waals surface area contributed by atoms with Crippen molar-refractivity contribution in [2.75, 3.05) is 13.7 Å². The van der Waals surface area contributed by atoms with Crippen LogP contribution < -0.4 is 10.5 Å². The monoisotopic (exact) mass is 329 g/mol. The van der Waals surface area contributed by atoms with Gasteiger partial charge in [0.1, 0.15) is 5.75 Å². The fourth-order valence-corrected chi connectivity index (χ4v) is 1.82. The highest BCUT2D eigenvalue weighted by molar-refractivity contribution is 14.0. The first-order chi connectivity index (χ1) is 7.35. The number of methoxy groups -OCH3 is 1. The summed E-state index contributed by atoms with van der Waals surface area (Å²) < 4.78 is 5.22. The van der Waals surface area contributed by atoms with E-state index in [4.69, 9.17) is 10.5 Å². The summed E-state index contributed by atoms with van der Waals surface area (Å²) in [7, 11) is 1.69. The minimum atomic E-state index is 0. The number of hydrogen-bond donors (Lipinski definition) is 1. The van der Waals surface area contributed by atoms with Crippen molar-refractivity contribution in [3.8, 4) is 5.75 Å². The van der Waals surface area contributed by atoms with Gasteiger partial charge < -0.3 is 10.5 Å². The van der Waals surface area contributed by atoms with Crippen LogP contribution in [-0.4, -0.2) is 13.7 Å². The van der Waals surface area contributed by atoms with E-state index in [1.807, 2.05) is 6.07 Å². The van der Waals surface area contributed by atoms with Gasteiger partial charge in [-0.15, -0.1) is 24.0 Å². The summed E-state index contributed by atoms with van der Waals surface area (Å²) in [6.45, 7) is 0.677. The van der Waals surface area contributed by atoms with Gasteiger partial charge in [-0.2, -0.15) is 0 Å². The molecule has 2 rings (SSSR count). The van der Waals surface area contributed by atoms with Gasteiger partial charge in [-0.3, -0.25) is 0 Å². The number of benzene rings is 2. The molecule has 86 valence electrons. The Morgan fingerprint density at radius 2 is 2.00 bits per heavy atom. The van der Waals surface area contributed by atoms with Crippen LogP contribution in [0.5, 0.6) is 5.75 Å². The van der Waals surface area contributed by atoms with Crippen molar-refractivity contribution < 1.29 is 4.74 Å². The lowest BCUT2D eigenvalue weighted by atomic mass is 10.0. The molecule has 0 aliphatic heterocycles. The Morgan fingerprint density at radius 1 is 1.19 bits per heavy atom. The molecule has 2 N–H and O–H groups in total. The van der Waals surface area contributed by atoms with Crippen molar-refractivity contribution in [1.29, 1.82) is 0 Å². The summed E-state index contributed by atoms with van der Waals surface area (Å²) in [6, 6.07) is 12.4. The second-order valence-corrected chi connectivity index (χ2v) is 3.54. The molecular formula is C13H16INO. The van der Waals surface area contributed by atoms with Crippen LogP contribution >= 0.6 is 24.0 Å². The van der Waals surface area contributed by atoms with Crippen LogP contribution in [0.1, 0.15) is 5.56 Å². The van der Waals surface area contributed by atoms with E-state index in [1.165, 1.54) is 16.3 Å². The fraction of sp³-hybridized carbons (Fsp3) is 0.231. The highest BCUT2D eigenvalue weighted by Gasteiger charge is 2.01. The van der Waals surface area contributed by atoms with Gasteiger partial charge in [-0.1, -0.05) is 24.3 Å². The molecule has 2 aromatic rings. The highest BCUT2D eigenvalue weighted by atomic mass is 127. The van der Waals surface area contributed by atoms with E-state index in [0.29, 0.717) is 6.54 Å². The molecule has 0 fully saturated rings. The summed E-state index contributed by atoms with van der Waals surface area (Å²) in [5.41, 5.74) is 6.88. The maximum absolute atomic E-state index is 5.59. The van der Waals surface area contributed by atoms with Gasteiger partial charge in [0.25, 0.3) is 0 Å². The van der Waals surface area contributed by atoms with E-state index in [9.17, 15) is 0 Å². The van der Waals surface area contributed by atoms with Crippen molar-refractivity contribution >= 4 is 34.7 Å². The average molecular weight is 329 g/mol. The zero-order valence-corrected chi connectivity index (χ0v) is 11.6. The zero-order chi connectivity index (χ0) is 10.7. The van der Waals surface area contributed by atoms with Gasteiger partial charge in [0.2, 0.25) is 0 Å². The first kappa shape index (κ1) is 13.3. The Balaban J connectivity index is 0.00000128. The summed E-state index contributed by atoms with van der Waals surface area (Å²) in [4.78, 5) is 0. The molecule has 2 nitrogen and oxygen atoms in total. The van der Waals surface area contributed by atoms with Crippen molar-refractivity contribution in [2.24, 2.45) is 5.73 Å². The topological polar surface area (TPSA) is 35.2 Å². The number of ether oxygens (including phenoxy) is 1. The normalized spacial score (nSPS) is 9.88. The molecule has 0 aliphatic rings. The standard InChI is InChI=1S/C13H15NO.HI/c1-15-12-6-5-10-3-2-4-11(7-8-14)13(10)9-12;/h2-6,9H,7-8,14H2,1H3;1H. The molecule has 0 aliphatic carbocycles. The predicted molar refractivity (Wildman–Crippen MR) is 78.7 cm³/mol. The second-order valence-electron chi connectivity index (χ2n) is 3.54. The molecule has 0 spiro atoms. The third kappa shape index (κ3) is 2.65. The lowest BCUT2D eigenvalue weighted by molar-refractivity contribution is 0.415. The Labute approximate surface area is 113 Å². The molecule has 0 amide bonds. The number of halogens is 1. The molecule has 0 heterocycles. The zero-order valence-electron chi connectivity index (χ0n) is 9.27. The molecule has 0 radical (unpaired) electrons. The predicted octanol–water partition coefficient (Wildman–Crippen LogP) is 2.97. The van der Waals surface area contributed by atoms with Crippen LogP contribution in [-0.2, 0) is 6.42 Å². The molecular weight excluding hydrogens is 313 g/mol. The molecule has 0 aromatic heterocycles. The van der Waals surface area contributed by atoms with Crippen LogP contribution in [0.25, 0.3) is 10.8 Å². The molecule has 0 unspecified atom stereocenters. The van der Waals surface area contributed by atoms with E-state index < -0.39 is 0 Å². The summed E-state index contributed by atoms with van der Waals surface area (Å²) in [6.07, 6.45) is 0.907. The van der Waals surface area contributed by atoms with Crippen LogP contribution in [0.2, 0.25) is 0 Å². The van der Waals surface area contributed by atoms with Gasteiger partial charge in [-0.25, -0.2) is 0 Å². The lowest BCUT2D eigenvalue weighted by Gasteiger charge is -2.07. The summed E-state index contributed by atoms with van der Waals surface area (Å²) in [5.74, 6) is 0.895. The van der Waals surface area contributed by atoms with Crippen LogP contribution in [0.4, 0.5) is 0 Å². The molecule has 0 saturated heterocycles. The maximum atomic E-state index is 5.59. The average Bonchev–Trinajstić information content (AvgIpc) is 2.29. The first-order valence-corrected chi connectivity index (χ1v) is 5.11. The minimum Gasteiger partial charge on any atom is -0.497 e. The minimum absolute atomic E-state index is 0. The largest absolute Gasteiger partial charge is 0.497 e. The van der Waals surface area contributed by atoms with Crippen LogP contribution in [0.3, 0.4) is 0 Å². The number of nitrogens with two attached hydrogens (primary N) is 1. The summed E-state index contributed by atoms with van der Waals surface area (Å²) >= 11 is 0. The SMILES string of the molecule is COc1ccc2cccc(CCN)c2c1.I. The Bertz CT molecular complexity index is 470. The molecule has 0 bridgehead atoms. The van der Waals surface area contributed by atoms with Crippen molar-refractivity contribution in [1.82, 2.24) is 0 Å². The molecule has 0 saturated carbocycles. The smallest absolute Gasteiger partial charge is 0.119 e. The Hall–Kier alpha value is -0.810. The second kappa shape index (κ2) is 6.06. The number of rotatable bonds is 3. The fourth-order valence-electron chi connectivity index (χ4n) is 1.82. The van der Waals surface area contributed by atoms with E-state index in [-0.39, 0.29) is 24.0 Å². The van der Waals surface area contributed by atoms with E-state index in [0.717, 1.165) is 12.2 Å². The Morgan fingerprint density at radius 3 is 2.69 bits per heavy atom. The quantitative estimate of drug-likeness (QED) is 0.879. The lowest BCUT2D eigenvalue weighted by Crippen LogP contribution is -2.03. The third-order valence-electron chi connectivity index (χ3n) is 2.59. The van der Waals surface area contributed by atoms with Crippen molar-refractivity contribution in [3.05, 3.63) is 42.0 Å². The van der Waals surface area contributed by atoms with Crippen molar-refractivity contribution in [3.63, 3.8) is 0 Å². The highest BCUT2D eigenvalue weighted by Crippen LogP contribution is 2.24. The molecule has 0 atom stereocenters. The first-order valence-electron chi connectivity index (χ1n) is 5.11. The van der Waals surface area contributed by atoms with E-state index in [2.05, 4.69) is 30.3 Å².